The molecule has 0 aromatic carbocycles. The summed E-state index contributed by atoms with van der Waals surface area (Å²) < 4.78 is 39.0. The van der Waals surface area contributed by atoms with E-state index >= 15 is 0 Å². The summed E-state index contributed by atoms with van der Waals surface area (Å²) in [5, 5.41) is 3.12. The van der Waals surface area contributed by atoms with Crippen molar-refractivity contribution in [3.63, 3.8) is 0 Å². The van der Waals surface area contributed by atoms with Crippen molar-refractivity contribution < 1.29 is 17.6 Å². The Morgan fingerprint density at radius 3 is 2.76 bits per heavy atom. The number of nitrogens with one attached hydrogen (secondary N) is 2. The molecular formula is C14H24N2O4S. The van der Waals surface area contributed by atoms with Gasteiger partial charge in [0.2, 0.25) is 10.0 Å². The van der Waals surface area contributed by atoms with Crippen LogP contribution in [0.3, 0.4) is 0 Å². The summed E-state index contributed by atoms with van der Waals surface area (Å²) in [4.78, 5) is 0.204. The van der Waals surface area contributed by atoms with Crippen LogP contribution in [-0.2, 0) is 21.3 Å². The summed E-state index contributed by atoms with van der Waals surface area (Å²) in [5.74, 6) is 1.03. The largest absolute Gasteiger partial charge is 0.464 e. The van der Waals surface area contributed by atoms with Crippen LogP contribution in [0, 0.1) is 6.92 Å². The minimum Gasteiger partial charge on any atom is -0.464 e. The monoisotopic (exact) mass is 316 g/mol. The maximum absolute atomic E-state index is 12.6. The van der Waals surface area contributed by atoms with Crippen molar-refractivity contribution in [2.75, 3.05) is 13.2 Å². The molecule has 0 amide bonds. The second-order valence-corrected chi connectivity index (χ2v) is 7.35. The first kappa shape index (κ1) is 16.5. The minimum absolute atomic E-state index is 0.152. The average Bonchev–Trinajstić information content (AvgIpc) is 2.91. The van der Waals surface area contributed by atoms with Crippen LogP contribution in [0.25, 0.3) is 0 Å². The van der Waals surface area contributed by atoms with E-state index in [9.17, 15) is 8.42 Å². The highest BCUT2D eigenvalue weighted by Gasteiger charge is 2.41. The van der Waals surface area contributed by atoms with E-state index in [2.05, 4.69) is 10.0 Å². The molecule has 1 aliphatic rings. The lowest BCUT2D eigenvalue weighted by atomic mass is 9.97. The highest BCUT2D eigenvalue weighted by atomic mass is 32.2. The van der Waals surface area contributed by atoms with Gasteiger partial charge in [-0.2, -0.15) is 0 Å². The fraction of sp³-hybridized carbons (Fsp3) is 0.714. The van der Waals surface area contributed by atoms with E-state index in [0.717, 1.165) is 6.54 Å². The van der Waals surface area contributed by atoms with Gasteiger partial charge < -0.3 is 14.5 Å². The van der Waals surface area contributed by atoms with Gasteiger partial charge in [0.15, 0.2) is 0 Å². The molecule has 0 saturated carbocycles. The number of furan rings is 1. The fourth-order valence-electron chi connectivity index (χ4n) is 2.46. The van der Waals surface area contributed by atoms with E-state index in [1.807, 2.05) is 20.8 Å². The smallest absolute Gasteiger partial charge is 0.244 e. The van der Waals surface area contributed by atoms with Crippen molar-refractivity contribution in [1.82, 2.24) is 10.0 Å². The van der Waals surface area contributed by atoms with Gasteiger partial charge in [-0.3, -0.25) is 0 Å². The molecule has 0 radical (unpaired) electrons. The van der Waals surface area contributed by atoms with E-state index in [1.54, 1.807) is 13.0 Å². The summed E-state index contributed by atoms with van der Waals surface area (Å²) in [6.45, 7) is 9.29. The molecule has 0 spiro atoms. The van der Waals surface area contributed by atoms with Gasteiger partial charge in [0.25, 0.3) is 0 Å². The van der Waals surface area contributed by atoms with Crippen molar-refractivity contribution in [1.29, 1.82) is 0 Å². The summed E-state index contributed by atoms with van der Waals surface area (Å²) in [5.41, 5.74) is -0.579. The van der Waals surface area contributed by atoms with Crippen molar-refractivity contribution in [3.8, 4) is 0 Å². The lowest BCUT2D eigenvalue weighted by Gasteiger charge is -2.28. The number of rotatable bonds is 6. The highest BCUT2D eigenvalue weighted by Crippen LogP contribution is 2.29. The molecule has 1 aliphatic heterocycles. The van der Waals surface area contributed by atoms with Crippen LogP contribution >= 0.6 is 0 Å². The van der Waals surface area contributed by atoms with Crippen LogP contribution < -0.4 is 10.0 Å². The summed E-state index contributed by atoms with van der Waals surface area (Å²) in [6.07, 6.45) is 0.509. The standard InChI is InChI=1S/C14H24N2O4S/c1-5-15-9-12-8-13(10(2)20-12)21(17,18)16-14(4)6-7-19-11(14)3/h8,11,15-16H,5-7,9H2,1-4H3. The second kappa shape index (κ2) is 6.08. The average molecular weight is 316 g/mol. The van der Waals surface area contributed by atoms with Gasteiger partial charge in [-0.05, 0) is 33.7 Å². The van der Waals surface area contributed by atoms with Crippen LogP contribution in [0.1, 0.15) is 38.7 Å². The molecule has 0 aliphatic carbocycles. The maximum Gasteiger partial charge on any atom is 0.244 e. The van der Waals surface area contributed by atoms with Crippen LogP contribution in [-0.4, -0.2) is 33.2 Å². The van der Waals surface area contributed by atoms with Gasteiger partial charge in [-0.1, -0.05) is 6.92 Å². The first-order valence-electron chi connectivity index (χ1n) is 7.24. The molecule has 2 rings (SSSR count). The Hall–Kier alpha value is -0.890. The zero-order valence-corrected chi connectivity index (χ0v) is 13.8. The normalized spacial score (nSPS) is 26.4. The maximum atomic E-state index is 12.6. The molecule has 120 valence electrons. The van der Waals surface area contributed by atoms with Gasteiger partial charge in [0.1, 0.15) is 16.4 Å². The SMILES string of the molecule is CCNCc1cc(S(=O)(=O)NC2(C)CCOC2C)c(C)o1. The third-order valence-corrected chi connectivity index (χ3v) is 5.74. The summed E-state index contributed by atoms with van der Waals surface area (Å²) in [7, 11) is -3.62. The van der Waals surface area contributed by atoms with Crippen LogP contribution in [0.2, 0.25) is 0 Å². The Morgan fingerprint density at radius 2 is 2.19 bits per heavy atom. The fourth-order valence-corrected chi connectivity index (χ4v) is 4.16. The van der Waals surface area contributed by atoms with Gasteiger partial charge in [-0.15, -0.1) is 0 Å². The topological polar surface area (TPSA) is 80.6 Å². The molecule has 21 heavy (non-hydrogen) atoms. The first-order chi connectivity index (χ1) is 9.78. The van der Waals surface area contributed by atoms with Crippen molar-refractivity contribution in [2.45, 2.75) is 57.2 Å². The van der Waals surface area contributed by atoms with E-state index in [0.29, 0.717) is 31.1 Å². The van der Waals surface area contributed by atoms with Crippen LogP contribution in [0.15, 0.2) is 15.4 Å². The van der Waals surface area contributed by atoms with E-state index in [1.165, 1.54) is 0 Å². The first-order valence-corrected chi connectivity index (χ1v) is 8.72. The van der Waals surface area contributed by atoms with Gasteiger partial charge in [0, 0.05) is 12.7 Å². The summed E-state index contributed by atoms with van der Waals surface area (Å²) >= 11 is 0. The van der Waals surface area contributed by atoms with Gasteiger partial charge >= 0.3 is 0 Å². The van der Waals surface area contributed by atoms with Crippen molar-refractivity contribution in [2.24, 2.45) is 0 Å². The molecule has 1 aromatic heterocycles. The number of hydrogen-bond acceptors (Lipinski definition) is 5. The van der Waals surface area contributed by atoms with Gasteiger partial charge in [0.05, 0.1) is 18.2 Å². The minimum atomic E-state index is -3.62. The predicted octanol–water partition coefficient (Wildman–Crippen LogP) is 1.54. The Morgan fingerprint density at radius 1 is 1.48 bits per heavy atom. The lowest BCUT2D eigenvalue weighted by Crippen LogP contribution is -2.50. The Balaban J connectivity index is 2.21. The predicted molar refractivity (Wildman–Crippen MR) is 79.6 cm³/mol. The number of aryl methyl sites for hydroxylation is 1. The molecule has 2 atom stereocenters. The Bertz CT molecular complexity index is 596. The van der Waals surface area contributed by atoms with Crippen molar-refractivity contribution in [3.05, 3.63) is 17.6 Å². The lowest BCUT2D eigenvalue weighted by molar-refractivity contribution is 0.0957. The molecule has 2 N–H and O–H groups in total. The van der Waals surface area contributed by atoms with Crippen LogP contribution in [0.4, 0.5) is 0 Å². The molecule has 6 nitrogen and oxygen atoms in total. The molecule has 2 unspecified atom stereocenters. The number of sulfonamides is 1. The van der Waals surface area contributed by atoms with E-state index < -0.39 is 15.6 Å². The highest BCUT2D eigenvalue weighted by molar-refractivity contribution is 7.89. The third-order valence-electron chi connectivity index (χ3n) is 4.02. The second-order valence-electron chi connectivity index (χ2n) is 5.70. The Labute approximate surface area is 126 Å². The molecule has 1 saturated heterocycles. The van der Waals surface area contributed by atoms with E-state index in [4.69, 9.17) is 9.15 Å². The Kier molecular flexibility index (Phi) is 4.77. The van der Waals surface area contributed by atoms with Crippen molar-refractivity contribution >= 4 is 10.0 Å². The molecule has 1 fully saturated rings. The quantitative estimate of drug-likeness (QED) is 0.832. The van der Waals surface area contributed by atoms with Crippen LogP contribution in [0.5, 0.6) is 0 Å². The van der Waals surface area contributed by atoms with E-state index in [-0.39, 0.29) is 11.0 Å². The number of hydrogen-bond donors (Lipinski definition) is 2. The van der Waals surface area contributed by atoms with Gasteiger partial charge in [-0.25, -0.2) is 13.1 Å². The molecular weight excluding hydrogens is 292 g/mol. The number of ether oxygens (including phenoxy) is 1. The zero-order valence-electron chi connectivity index (χ0n) is 13.0. The molecule has 2 heterocycles. The molecule has 7 heteroatoms. The zero-order chi connectivity index (χ0) is 15.7. The molecule has 0 bridgehead atoms. The summed E-state index contributed by atoms with van der Waals surface area (Å²) in [6, 6.07) is 1.59. The third kappa shape index (κ3) is 3.48. The molecule has 1 aromatic rings.